The van der Waals surface area contributed by atoms with E-state index in [2.05, 4.69) is 20.4 Å². The number of carbonyl (C=O) groups is 1. The molecule has 0 saturated heterocycles. The van der Waals surface area contributed by atoms with E-state index in [0.29, 0.717) is 35.1 Å². The minimum absolute atomic E-state index is 0.207. The Bertz CT molecular complexity index is 1110. The van der Waals surface area contributed by atoms with Gasteiger partial charge in [0.05, 0.1) is 13.5 Å². The largest absolute Gasteiger partial charge is 0.497 e. The topological polar surface area (TPSA) is 90.1 Å². The Morgan fingerprint density at radius 2 is 1.90 bits per heavy atom. The van der Waals surface area contributed by atoms with Crippen LogP contribution in [0.25, 0.3) is 11.4 Å². The number of anilines is 1. The van der Waals surface area contributed by atoms with Gasteiger partial charge in [0, 0.05) is 29.2 Å². The standard InChI is InChI=1S/C22H18N4O3/c1-28-18-10-8-15(9-11-18)22(27)24-19-7-3-2-5-16(19)13-20-25-21(26-29-20)17-6-4-12-23-14-17/h2-12,14H,13H2,1H3,(H,24,27). The number of amides is 1. The average Bonchev–Trinajstić information content (AvgIpc) is 3.24. The van der Waals surface area contributed by atoms with Crippen LogP contribution in [0.1, 0.15) is 21.8 Å². The predicted molar refractivity (Wildman–Crippen MR) is 108 cm³/mol. The van der Waals surface area contributed by atoms with Crippen LogP contribution in [0.2, 0.25) is 0 Å². The first-order valence-electron chi connectivity index (χ1n) is 8.99. The molecular weight excluding hydrogens is 368 g/mol. The van der Waals surface area contributed by atoms with Gasteiger partial charge in [0.15, 0.2) is 0 Å². The number of hydrogen-bond acceptors (Lipinski definition) is 6. The molecule has 0 bridgehead atoms. The summed E-state index contributed by atoms with van der Waals surface area (Å²) in [6.07, 6.45) is 3.76. The van der Waals surface area contributed by atoms with Crippen molar-refractivity contribution in [1.82, 2.24) is 15.1 Å². The summed E-state index contributed by atoms with van der Waals surface area (Å²) in [4.78, 5) is 21.1. The number of nitrogens with zero attached hydrogens (tertiary/aromatic N) is 3. The van der Waals surface area contributed by atoms with Crippen molar-refractivity contribution < 1.29 is 14.1 Å². The minimum Gasteiger partial charge on any atom is -0.497 e. The van der Waals surface area contributed by atoms with Gasteiger partial charge in [-0.15, -0.1) is 0 Å². The molecule has 4 aromatic rings. The van der Waals surface area contributed by atoms with Crippen LogP contribution in [0, 0.1) is 0 Å². The van der Waals surface area contributed by atoms with Crippen molar-refractivity contribution in [2.24, 2.45) is 0 Å². The molecule has 144 valence electrons. The summed E-state index contributed by atoms with van der Waals surface area (Å²) in [7, 11) is 1.59. The lowest BCUT2D eigenvalue weighted by Crippen LogP contribution is -2.13. The Kier molecular flexibility index (Phi) is 5.29. The number of hydrogen-bond donors (Lipinski definition) is 1. The SMILES string of the molecule is COc1ccc(C(=O)Nc2ccccc2Cc2nc(-c3cccnc3)no2)cc1. The third-order valence-corrected chi connectivity index (χ3v) is 4.35. The van der Waals surface area contributed by atoms with Crippen LogP contribution in [0.4, 0.5) is 5.69 Å². The van der Waals surface area contributed by atoms with Gasteiger partial charge in [-0.1, -0.05) is 23.4 Å². The van der Waals surface area contributed by atoms with Crippen LogP contribution in [0.3, 0.4) is 0 Å². The van der Waals surface area contributed by atoms with Crippen LogP contribution < -0.4 is 10.1 Å². The molecule has 0 radical (unpaired) electrons. The molecule has 0 spiro atoms. The molecule has 0 unspecified atom stereocenters. The summed E-state index contributed by atoms with van der Waals surface area (Å²) in [5.74, 6) is 1.42. The Morgan fingerprint density at radius 1 is 1.07 bits per heavy atom. The number of ether oxygens (including phenoxy) is 1. The smallest absolute Gasteiger partial charge is 0.255 e. The monoisotopic (exact) mass is 386 g/mol. The number of aromatic nitrogens is 3. The molecule has 1 N–H and O–H groups in total. The van der Waals surface area contributed by atoms with Crippen LogP contribution in [-0.2, 0) is 6.42 Å². The molecule has 0 fully saturated rings. The number of benzene rings is 2. The Morgan fingerprint density at radius 3 is 2.66 bits per heavy atom. The third-order valence-electron chi connectivity index (χ3n) is 4.35. The first-order chi connectivity index (χ1) is 14.2. The molecule has 29 heavy (non-hydrogen) atoms. The molecular formula is C22H18N4O3. The van der Waals surface area contributed by atoms with Gasteiger partial charge in [0.25, 0.3) is 5.91 Å². The van der Waals surface area contributed by atoms with Crippen molar-refractivity contribution in [3.8, 4) is 17.1 Å². The molecule has 1 amide bonds. The van der Waals surface area contributed by atoms with E-state index < -0.39 is 0 Å². The highest BCUT2D eigenvalue weighted by molar-refractivity contribution is 6.04. The Hall–Kier alpha value is -4.00. The normalized spacial score (nSPS) is 10.5. The van der Waals surface area contributed by atoms with Crippen LogP contribution in [0.15, 0.2) is 77.6 Å². The highest BCUT2D eigenvalue weighted by Crippen LogP contribution is 2.22. The zero-order chi connectivity index (χ0) is 20.1. The highest BCUT2D eigenvalue weighted by Gasteiger charge is 2.13. The van der Waals surface area contributed by atoms with Crippen LogP contribution >= 0.6 is 0 Å². The van der Waals surface area contributed by atoms with Gasteiger partial charge in [-0.05, 0) is 48.0 Å². The maximum Gasteiger partial charge on any atom is 0.255 e. The molecule has 0 saturated carbocycles. The lowest BCUT2D eigenvalue weighted by Gasteiger charge is -2.10. The van der Waals surface area contributed by atoms with Gasteiger partial charge >= 0.3 is 0 Å². The summed E-state index contributed by atoms with van der Waals surface area (Å²) in [5.41, 5.74) is 2.88. The van der Waals surface area contributed by atoms with Gasteiger partial charge in [-0.3, -0.25) is 9.78 Å². The van der Waals surface area contributed by atoms with Gasteiger partial charge in [-0.2, -0.15) is 4.98 Å². The van der Waals surface area contributed by atoms with Crippen molar-refractivity contribution >= 4 is 11.6 Å². The Balaban J connectivity index is 1.51. The average molecular weight is 386 g/mol. The van der Waals surface area contributed by atoms with E-state index in [1.54, 1.807) is 43.8 Å². The molecule has 2 aromatic heterocycles. The summed E-state index contributed by atoms with van der Waals surface area (Å²) in [6.45, 7) is 0. The number of para-hydroxylation sites is 1. The third kappa shape index (κ3) is 4.30. The Labute approximate surface area is 167 Å². The zero-order valence-corrected chi connectivity index (χ0v) is 15.7. The fourth-order valence-electron chi connectivity index (χ4n) is 2.84. The fraction of sp³-hybridized carbons (Fsp3) is 0.0909. The number of methoxy groups -OCH3 is 1. The van der Waals surface area contributed by atoms with Crippen LogP contribution in [-0.4, -0.2) is 28.1 Å². The summed E-state index contributed by atoms with van der Waals surface area (Å²) in [6, 6.07) is 18.1. The van der Waals surface area contributed by atoms with E-state index in [1.165, 1.54) is 0 Å². The predicted octanol–water partition coefficient (Wildman–Crippen LogP) is 3.98. The number of rotatable bonds is 6. The summed E-state index contributed by atoms with van der Waals surface area (Å²) >= 11 is 0. The first kappa shape index (κ1) is 18.4. The van der Waals surface area contributed by atoms with Gasteiger partial charge in [0.2, 0.25) is 11.7 Å². The first-order valence-corrected chi connectivity index (χ1v) is 8.99. The van der Waals surface area contributed by atoms with E-state index in [-0.39, 0.29) is 5.91 Å². The van der Waals surface area contributed by atoms with Crippen molar-refractivity contribution in [2.45, 2.75) is 6.42 Å². The van der Waals surface area contributed by atoms with E-state index >= 15 is 0 Å². The van der Waals surface area contributed by atoms with Crippen molar-refractivity contribution in [1.29, 1.82) is 0 Å². The van der Waals surface area contributed by atoms with Crippen LogP contribution in [0.5, 0.6) is 5.75 Å². The molecule has 2 heterocycles. The van der Waals surface area contributed by atoms with Gasteiger partial charge < -0.3 is 14.6 Å². The second-order valence-electron chi connectivity index (χ2n) is 6.27. The van der Waals surface area contributed by atoms with Gasteiger partial charge in [-0.25, -0.2) is 0 Å². The summed E-state index contributed by atoms with van der Waals surface area (Å²) in [5, 5.41) is 6.96. The van der Waals surface area contributed by atoms with E-state index in [1.807, 2.05) is 36.4 Å². The summed E-state index contributed by atoms with van der Waals surface area (Å²) < 4.78 is 10.5. The molecule has 2 aromatic carbocycles. The molecule has 7 nitrogen and oxygen atoms in total. The lowest BCUT2D eigenvalue weighted by atomic mass is 10.1. The fourth-order valence-corrected chi connectivity index (χ4v) is 2.84. The van der Waals surface area contributed by atoms with Crippen molar-refractivity contribution in [2.75, 3.05) is 12.4 Å². The molecule has 4 rings (SSSR count). The minimum atomic E-state index is -0.207. The van der Waals surface area contributed by atoms with E-state index in [0.717, 1.165) is 11.1 Å². The maximum atomic E-state index is 12.6. The molecule has 7 heteroatoms. The van der Waals surface area contributed by atoms with E-state index in [4.69, 9.17) is 9.26 Å². The number of carbonyl (C=O) groups excluding carboxylic acids is 1. The van der Waals surface area contributed by atoms with Crippen molar-refractivity contribution in [3.05, 3.63) is 90.1 Å². The second kappa shape index (κ2) is 8.35. The molecule has 0 atom stereocenters. The lowest BCUT2D eigenvalue weighted by molar-refractivity contribution is 0.102. The number of pyridine rings is 1. The molecule has 0 aliphatic carbocycles. The molecule has 0 aliphatic heterocycles. The van der Waals surface area contributed by atoms with E-state index in [9.17, 15) is 4.79 Å². The highest BCUT2D eigenvalue weighted by atomic mass is 16.5. The quantitative estimate of drug-likeness (QED) is 0.539. The number of nitrogens with one attached hydrogen (secondary N) is 1. The molecule has 0 aliphatic rings. The second-order valence-corrected chi connectivity index (χ2v) is 6.27. The van der Waals surface area contributed by atoms with Gasteiger partial charge in [0.1, 0.15) is 5.75 Å². The maximum absolute atomic E-state index is 12.6. The van der Waals surface area contributed by atoms with Crippen molar-refractivity contribution in [3.63, 3.8) is 0 Å². The zero-order valence-electron chi connectivity index (χ0n) is 15.7.